The van der Waals surface area contributed by atoms with Crippen LogP contribution in [0.5, 0.6) is 0 Å². The Morgan fingerprint density at radius 1 is 1.07 bits per heavy atom. The number of imide groups is 2. The minimum atomic E-state index is -0.816. The van der Waals surface area contributed by atoms with Crippen molar-refractivity contribution in [1.29, 1.82) is 0 Å². The molecule has 0 aliphatic carbocycles. The van der Waals surface area contributed by atoms with E-state index in [1.807, 2.05) is 0 Å². The fraction of sp³-hybridized carbons (Fsp3) is 0.111. The molecule has 1 fully saturated rings. The number of nitro groups is 1. The van der Waals surface area contributed by atoms with Crippen molar-refractivity contribution in [3.63, 3.8) is 0 Å². The maximum atomic E-state index is 13.0. The van der Waals surface area contributed by atoms with Gasteiger partial charge < -0.3 is 0 Å². The zero-order valence-electron chi connectivity index (χ0n) is 14.5. The number of carbonyl (C=O) groups excluding carboxylic acids is 3. The van der Waals surface area contributed by atoms with Crippen LogP contribution in [0.25, 0.3) is 10.2 Å². The Balaban J connectivity index is 1.78. The van der Waals surface area contributed by atoms with Crippen molar-refractivity contribution in [2.75, 3.05) is 9.80 Å². The van der Waals surface area contributed by atoms with Gasteiger partial charge in [0, 0.05) is 12.1 Å². The molecule has 0 atom stereocenters. The number of carbonyl (C=O) groups is 3. The van der Waals surface area contributed by atoms with E-state index in [0.29, 0.717) is 21.5 Å². The fourth-order valence-electron chi connectivity index (χ4n) is 2.95. The third-order valence-corrected chi connectivity index (χ3v) is 5.31. The van der Waals surface area contributed by atoms with E-state index < -0.39 is 29.2 Å². The van der Waals surface area contributed by atoms with Crippen molar-refractivity contribution in [3.8, 4) is 0 Å². The van der Waals surface area contributed by atoms with Gasteiger partial charge in [0.05, 0.1) is 20.8 Å². The van der Waals surface area contributed by atoms with Crippen LogP contribution in [0.15, 0.2) is 42.5 Å². The predicted octanol–water partition coefficient (Wildman–Crippen LogP) is 3.40. The largest absolute Gasteiger partial charge is 0.344 e. The first-order valence-corrected chi connectivity index (χ1v) is 8.99. The number of rotatable bonds is 3. The number of anilines is 2. The predicted molar refractivity (Wildman–Crippen MR) is 102 cm³/mol. The van der Waals surface area contributed by atoms with E-state index in [1.165, 1.54) is 18.2 Å². The molecule has 140 valence electrons. The summed E-state index contributed by atoms with van der Waals surface area (Å²) in [6.07, 6.45) is -0.476. The molecule has 2 aromatic carbocycles. The molecular formula is C18H12N4O5S. The van der Waals surface area contributed by atoms with Crippen LogP contribution in [0.2, 0.25) is 0 Å². The van der Waals surface area contributed by atoms with E-state index in [9.17, 15) is 24.5 Å². The Morgan fingerprint density at radius 3 is 2.50 bits per heavy atom. The highest BCUT2D eigenvalue weighted by molar-refractivity contribution is 7.22. The summed E-state index contributed by atoms with van der Waals surface area (Å²) in [7, 11) is 0. The third-order valence-electron chi connectivity index (χ3n) is 4.30. The van der Waals surface area contributed by atoms with E-state index in [2.05, 4.69) is 4.98 Å². The van der Waals surface area contributed by atoms with Crippen LogP contribution in [-0.2, 0) is 9.59 Å². The van der Waals surface area contributed by atoms with Crippen molar-refractivity contribution in [2.24, 2.45) is 0 Å². The lowest BCUT2D eigenvalue weighted by Crippen LogP contribution is -2.55. The van der Waals surface area contributed by atoms with Crippen LogP contribution in [0.4, 0.5) is 21.3 Å². The summed E-state index contributed by atoms with van der Waals surface area (Å²) in [5, 5.41) is 11.0. The van der Waals surface area contributed by atoms with Gasteiger partial charge >= 0.3 is 6.03 Å². The normalized spacial score (nSPS) is 14.8. The number of hydrogen-bond acceptors (Lipinski definition) is 7. The Bertz CT molecular complexity index is 1170. The lowest BCUT2D eigenvalue weighted by molar-refractivity contribution is -0.384. The quantitative estimate of drug-likeness (QED) is 0.381. The van der Waals surface area contributed by atoms with Crippen LogP contribution in [0.1, 0.15) is 12.0 Å². The minimum Gasteiger partial charge on any atom is -0.273 e. The van der Waals surface area contributed by atoms with Crippen molar-refractivity contribution >= 4 is 55.9 Å². The van der Waals surface area contributed by atoms with Crippen LogP contribution in [0, 0.1) is 17.0 Å². The molecular weight excluding hydrogens is 384 g/mol. The summed E-state index contributed by atoms with van der Waals surface area (Å²) in [6, 6.07) is 10.1. The number of thiazole rings is 1. The highest BCUT2D eigenvalue weighted by Crippen LogP contribution is 2.34. The van der Waals surface area contributed by atoms with Crippen molar-refractivity contribution in [2.45, 2.75) is 13.3 Å². The van der Waals surface area contributed by atoms with E-state index in [4.69, 9.17) is 0 Å². The third kappa shape index (κ3) is 2.79. The van der Waals surface area contributed by atoms with E-state index in [0.717, 1.165) is 21.1 Å². The summed E-state index contributed by atoms with van der Waals surface area (Å²) in [6.45, 7) is 1.76. The van der Waals surface area contributed by atoms with E-state index in [1.54, 1.807) is 31.2 Å². The molecule has 0 unspecified atom stereocenters. The highest BCUT2D eigenvalue weighted by Gasteiger charge is 2.41. The van der Waals surface area contributed by atoms with Crippen LogP contribution in [0.3, 0.4) is 0 Å². The van der Waals surface area contributed by atoms with Gasteiger partial charge in [-0.15, -0.1) is 0 Å². The van der Waals surface area contributed by atoms with Gasteiger partial charge in [-0.1, -0.05) is 29.5 Å². The maximum absolute atomic E-state index is 13.0. The number of non-ortho nitro benzene ring substituents is 1. The van der Waals surface area contributed by atoms with Gasteiger partial charge in [0.15, 0.2) is 0 Å². The standard InChI is InChI=1S/C18H12N4O5S/c1-10-4-2-3-5-13(10)20-15(23)9-16(24)21(18(20)25)17-19-12-7-6-11(22(26)27)8-14(12)28-17/h2-8H,9H2,1H3. The summed E-state index contributed by atoms with van der Waals surface area (Å²) < 4.78 is 0.462. The van der Waals surface area contributed by atoms with Crippen LogP contribution >= 0.6 is 11.3 Å². The van der Waals surface area contributed by atoms with E-state index >= 15 is 0 Å². The molecule has 1 aromatic heterocycles. The number of nitro benzene ring substituents is 1. The van der Waals surface area contributed by atoms with Crippen LogP contribution in [-0.4, -0.2) is 27.8 Å². The van der Waals surface area contributed by atoms with Gasteiger partial charge in [-0.3, -0.25) is 19.7 Å². The zero-order valence-corrected chi connectivity index (χ0v) is 15.3. The maximum Gasteiger partial charge on any atom is 0.344 e. The van der Waals surface area contributed by atoms with Crippen molar-refractivity contribution in [1.82, 2.24) is 4.98 Å². The Morgan fingerprint density at radius 2 is 1.79 bits per heavy atom. The first kappa shape index (κ1) is 17.7. The zero-order chi connectivity index (χ0) is 20.0. The smallest absolute Gasteiger partial charge is 0.273 e. The summed E-state index contributed by atoms with van der Waals surface area (Å²) in [5.74, 6) is -1.30. The minimum absolute atomic E-state index is 0.0663. The lowest BCUT2D eigenvalue weighted by Gasteiger charge is -2.31. The molecule has 0 spiro atoms. The molecule has 3 aromatic rings. The summed E-state index contributed by atoms with van der Waals surface area (Å²) in [4.78, 5) is 54.4. The number of barbiturate groups is 1. The number of benzene rings is 2. The van der Waals surface area contributed by atoms with Crippen molar-refractivity contribution < 1.29 is 19.3 Å². The molecule has 1 saturated heterocycles. The lowest BCUT2D eigenvalue weighted by atomic mass is 10.1. The van der Waals surface area contributed by atoms with Gasteiger partial charge in [-0.05, 0) is 24.6 Å². The average molecular weight is 396 g/mol. The van der Waals surface area contributed by atoms with Gasteiger partial charge in [-0.2, -0.15) is 0 Å². The number of hydrogen-bond donors (Lipinski definition) is 0. The molecule has 1 aliphatic rings. The second kappa shape index (κ2) is 6.50. The molecule has 0 saturated carbocycles. The van der Waals surface area contributed by atoms with E-state index in [-0.39, 0.29) is 10.8 Å². The summed E-state index contributed by atoms with van der Waals surface area (Å²) >= 11 is 0.976. The molecule has 10 heteroatoms. The topological polar surface area (TPSA) is 114 Å². The first-order chi connectivity index (χ1) is 13.4. The average Bonchev–Trinajstić information content (AvgIpc) is 3.05. The molecule has 0 N–H and O–H groups in total. The fourth-order valence-corrected chi connectivity index (χ4v) is 3.96. The number of aromatic nitrogens is 1. The number of amides is 4. The molecule has 4 amide bonds. The van der Waals surface area contributed by atoms with Crippen LogP contribution < -0.4 is 9.80 Å². The number of urea groups is 1. The molecule has 2 heterocycles. The second-order valence-corrected chi connectivity index (χ2v) is 7.12. The number of aryl methyl sites for hydroxylation is 1. The molecule has 28 heavy (non-hydrogen) atoms. The molecule has 0 bridgehead atoms. The SMILES string of the molecule is Cc1ccccc1N1C(=O)CC(=O)N(c2nc3ccc([N+](=O)[O-])cc3s2)C1=O. The van der Waals surface area contributed by atoms with Gasteiger partial charge in [-0.25, -0.2) is 19.6 Å². The molecule has 4 rings (SSSR count). The molecule has 1 aliphatic heterocycles. The van der Waals surface area contributed by atoms with Gasteiger partial charge in [0.2, 0.25) is 16.9 Å². The Labute approximate surface area is 162 Å². The van der Waals surface area contributed by atoms with Gasteiger partial charge in [0.25, 0.3) is 5.69 Å². The highest BCUT2D eigenvalue weighted by atomic mass is 32.1. The Hall–Kier alpha value is -3.66. The molecule has 9 nitrogen and oxygen atoms in total. The summed E-state index contributed by atoms with van der Waals surface area (Å²) in [5.41, 5.74) is 1.41. The second-order valence-electron chi connectivity index (χ2n) is 6.11. The monoisotopic (exact) mass is 396 g/mol. The van der Waals surface area contributed by atoms with Crippen molar-refractivity contribution in [3.05, 3.63) is 58.1 Å². The Kier molecular flexibility index (Phi) is 4.12. The molecule has 0 radical (unpaired) electrons. The number of para-hydroxylation sites is 1. The first-order valence-electron chi connectivity index (χ1n) is 8.17. The van der Waals surface area contributed by atoms with Gasteiger partial charge in [0.1, 0.15) is 6.42 Å². The number of nitrogens with zero attached hydrogens (tertiary/aromatic N) is 4. The number of fused-ring (bicyclic) bond motifs is 1.